The highest BCUT2D eigenvalue weighted by Gasteiger charge is 2.03. The highest BCUT2D eigenvalue weighted by molar-refractivity contribution is 6.32. The van der Waals surface area contributed by atoms with E-state index in [0.717, 1.165) is 17.1 Å². The molecule has 0 saturated carbocycles. The van der Waals surface area contributed by atoms with Crippen molar-refractivity contribution in [2.75, 3.05) is 5.43 Å². The van der Waals surface area contributed by atoms with E-state index < -0.39 is 0 Å². The minimum Gasteiger partial charge on any atom is -0.294 e. The number of benzene rings is 1. The predicted molar refractivity (Wildman–Crippen MR) is 69.1 cm³/mol. The van der Waals surface area contributed by atoms with Gasteiger partial charge < -0.3 is 0 Å². The highest BCUT2D eigenvalue weighted by atomic mass is 35.5. The van der Waals surface area contributed by atoms with E-state index in [1.165, 1.54) is 0 Å². The van der Waals surface area contributed by atoms with Crippen LogP contribution in [0.4, 0.5) is 5.69 Å². The first-order valence-electron chi connectivity index (χ1n) is 5.23. The van der Waals surface area contributed by atoms with Gasteiger partial charge >= 0.3 is 0 Å². The molecule has 0 spiro atoms. The quantitative estimate of drug-likeness (QED) is 0.880. The van der Waals surface area contributed by atoms with Gasteiger partial charge in [-0.25, -0.2) is 0 Å². The molecule has 2 rings (SSSR count). The molecule has 0 bridgehead atoms. The van der Waals surface area contributed by atoms with Gasteiger partial charge in [0.1, 0.15) is 6.07 Å². The summed E-state index contributed by atoms with van der Waals surface area (Å²) in [5.74, 6) is 0. The Bertz CT molecular complexity index is 574. The molecule has 0 aliphatic rings. The van der Waals surface area contributed by atoms with Crippen LogP contribution >= 0.6 is 11.6 Å². The van der Waals surface area contributed by atoms with Crippen LogP contribution in [0.1, 0.15) is 17.0 Å². The third-order valence-electron chi connectivity index (χ3n) is 2.60. The summed E-state index contributed by atoms with van der Waals surface area (Å²) in [6.07, 6.45) is 0. The van der Waals surface area contributed by atoms with Crippen LogP contribution < -0.4 is 5.43 Å². The van der Waals surface area contributed by atoms with Crippen LogP contribution in [0.25, 0.3) is 0 Å². The van der Waals surface area contributed by atoms with Crippen LogP contribution in [-0.2, 0) is 0 Å². The SMILES string of the molecule is Cc1ccc(C)n1Nc1ccc(C#N)c(Cl)c1. The summed E-state index contributed by atoms with van der Waals surface area (Å²) >= 11 is 5.98. The second-order valence-electron chi connectivity index (χ2n) is 3.87. The second kappa shape index (κ2) is 4.52. The van der Waals surface area contributed by atoms with E-state index >= 15 is 0 Å². The van der Waals surface area contributed by atoms with Gasteiger partial charge in [0.25, 0.3) is 0 Å². The van der Waals surface area contributed by atoms with E-state index in [4.69, 9.17) is 16.9 Å². The Morgan fingerprint density at radius 2 is 1.82 bits per heavy atom. The maximum Gasteiger partial charge on any atom is 0.101 e. The number of rotatable bonds is 2. The lowest BCUT2D eigenvalue weighted by atomic mass is 10.2. The van der Waals surface area contributed by atoms with Crippen molar-refractivity contribution in [3.63, 3.8) is 0 Å². The van der Waals surface area contributed by atoms with E-state index in [-0.39, 0.29) is 0 Å². The van der Waals surface area contributed by atoms with Gasteiger partial charge in [0.05, 0.1) is 16.3 Å². The monoisotopic (exact) mass is 245 g/mol. The summed E-state index contributed by atoms with van der Waals surface area (Å²) in [7, 11) is 0. The first-order chi connectivity index (χ1) is 8.11. The van der Waals surface area contributed by atoms with Gasteiger partial charge in [0, 0.05) is 11.4 Å². The largest absolute Gasteiger partial charge is 0.294 e. The summed E-state index contributed by atoms with van der Waals surface area (Å²) in [5, 5.41) is 9.25. The van der Waals surface area contributed by atoms with Gasteiger partial charge in [-0.1, -0.05) is 11.6 Å². The third-order valence-corrected chi connectivity index (χ3v) is 2.91. The lowest BCUT2D eigenvalue weighted by Gasteiger charge is -2.13. The van der Waals surface area contributed by atoms with E-state index in [1.54, 1.807) is 12.1 Å². The van der Waals surface area contributed by atoms with Gasteiger partial charge in [0.15, 0.2) is 0 Å². The minimum atomic E-state index is 0.458. The number of aromatic nitrogens is 1. The number of hydrogen-bond donors (Lipinski definition) is 1. The van der Waals surface area contributed by atoms with Crippen LogP contribution in [0.2, 0.25) is 5.02 Å². The van der Waals surface area contributed by atoms with Gasteiger partial charge in [0.2, 0.25) is 0 Å². The van der Waals surface area contributed by atoms with Gasteiger partial charge in [-0.15, -0.1) is 0 Å². The molecule has 0 saturated heterocycles. The van der Waals surface area contributed by atoms with Crippen molar-refractivity contribution < 1.29 is 0 Å². The van der Waals surface area contributed by atoms with E-state index in [1.807, 2.05) is 42.8 Å². The van der Waals surface area contributed by atoms with Crippen molar-refractivity contribution in [1.29, 1.82) is 5.26 Å². The van der Waals surface area contributed by atoms with Crippen molar-refractivity contribution in [3.05, 3.63) is 52.3 Å². The topological polar surface area (TPSA) is 40.8 Å². The van der Waals surface area contributed by atoms with Crippen LogP contribution in [-0.4, -0.2) is 4.68 Å². The molecule has 0 fully saturated rings. The van der Waals surface area contributed by atoms with Crippen molar-refractivity contribution >= 4 is 17.3 Å². The molecular weight excluding hydrogens is 234 g/mol. The number of nitrogens with zero attached hydrogens (tertiary/aromatic N) is 2. The summed E-state index contributed by atoms with van der Waals surface area (Å²) in [4.78, 5) is 0. The van der Waals surface area contributed by atoms with Gasteiger partial charge in [-0.3, -0.25) is 10.1 Å². The summed E-state index contributed by atoms with van der Waals surface area (Å²) < 4.78 is 1.97. The first kappa shape index (κ1) is 11.6. The molecule has 0 aliphatic heterocycles. The smallest absolute Gasteiger partial charge is 0.101 e. The van der Waals surface area contributed by atoms with Crippen LogP contribution in [0.15, 0.2) is 30.3 Å². The van der Waals surface area contributed by atoms with E-state index in [0.29, 0.717) is 10.6 Å². The summed E-state index contributed by atoms with van der Waals surface area (Å²) in [6.45, 7) is 4.04. The lowest BCUT2D eigenvalue weighted by molar-refractivity contribution is 0.881. The Labute approximate surface area is 105 Å². The fraction of sp³-hybridized carbons (Fsp3) is 0.154. The standard InChI is InChI=1S/C13H12ClN3/c1-9-3-4-10(2)17(9)16-12-6-5-11(8-15)13(14)7-12/h3-7,16H,1-2H3. The molecule has 1 aromatic heterocycles. The summed E-state index contributed by atoms with van der Waals surface area (Å²) in [6, 6.07) is 11.4. The van der Waals surface area contributed by atoms with Crippen molar-refractivity contribution in [3.8, 4) is 6.07 Å². The Morgan fingerprint density at radius 1 is 1.18 bits per heavy atom. The zero-order valence-corrected chi connectivity index (χ0v) is 10.4. The van der Waals surface area contributed by atoms with Crippen LogP contribution in [0.5, 0.6) is 0 Å². The van der Waals surface area contributed by atoms with E-state index in [2.05, 4.69) is 5.43 Å². The Balaban J connectivity index is 2.32. The van der Waals surface area contributed by atoms with Gasteiger partial charge in [-0.2, -0.15) is 5.26 Å². The number of nitriles is 1. The maximum atomic E-state index is 8.79. The molecule has 1 N–H and O–H groups in total. The average molecular weight is 246 g/mol. The molecule has 3 nitrogen and oxygen atoms in total. The molecule has 0 atom stereocenters. The Hall–Kier alpha value is -1.92. The van der Waals surface area contributed by atoms with Crippen molar-refractivity contribution in [2.24, 2.45) is 0 Å². The van der Waals surface area contributed by atoms with Crippen molar-refractivity contribution in [1.82, 2.24) is 4.68 Å². The number of anilines is 1. The molecule has 0 amide bonds. The lowest BCUT2D eigenvalue weighted by Crippen LogP contribution is -2.12. The molecule has 86 valence electrons. The first-order valence-corrected chi connectivity index (χ1v) is 5.61. The molecule has 0 radical (unpaired) electrons. The second-order valence-corrected chi connectivity index (χ2v) is 4.28. The fourth-order valence-corrected chi connectivity index (χ4v) is 1.87. The molecule has 2 aromatic rings. The molecule has 0 unspecified atom stereocenters. The van der Waals surface area contributed by atoms with Crippen LogP contribution in [0, 0.1) is 25.2 Å². The Kier molecular flexibility index (Phi) is 3.08. The maximum absolute atomic E-state index is 8.79. The average Bonchev–Trinajstić information content (AvgIpc) is 2.61. The van der Waals surface area contributed by atoms with E-state index in [9.17, 15) is 0 Å². The molecule has 4 heteroatoms. The third kappa shape index (κ3) is 2.27. The molecule has 1 aromatic carbocycles. The van der Waals surface area contributed by atoms with Gasteiger partial charge in [-0.05, 0) is 44.2 Å². The number of hydrogen-bond acceptors (Lipinski definition) is 2. The fourth-order valence-electron chi connectivity index (χ4n) is 1.65. The van der Waals surface area contributed by atoms with Crippen LogP contribution in [0.3, 0.4) is 0 Å². The Morgan fingerprint density at radius 3 is 2.35 bits per heavy atom. The number of aryl methyl sites for hydroxylation is 2. The molecule has 17 heavy (non-hydrogen) atoms. The predicted octanol–water partition coefficient (Wildman–Crippen LogP) is 3.51. The molecule has 1 heterocycles. The number of nitrogens with one attached hydrogen (secondary N) is 1. The van der Waals surface area contributed by atoms with Crippen molar-refractivity contribution in [2.45, 2.75) is 13.8 Å². The molecule has 0 aliphatic carbocycles. The zero-order chi connectivity index (χ0) is 12.4. The zero-order valence-electron chi connectivity index (χ0n) is 9.66. The minimum absolute atomic E-state index is 0.458. The summed E-state index contributed by atoms with van der Waals surface area (Å²) in [5.41, 5.74) is 6.81. The normalized spacial score (nSPS) is 10.0. The molecular formula is C13H12ClN3. The number of halogens is 1. The highest BCUT2D eigenvalue weighted by Crippen LogP contribution is 2.21.